The molecule has 0 atom stereocenters. The van der Waals surface area contributed by atoms with Crippen LogP contribution in [0.25, 0.3) is 0 Å². The Morgan fingerprint density at radius 2 is 2.00 bits per heavy atom. The third kappa shape index (κ3) is 6.08. The molecular formula is C14H15F3N2O2. The number of carbonyl (C=O) groups is 1. The SMILES string of the molecule is C#CCN(CCC)C(=O)Nc1ccc(OC(F)(F)F)cc1. The molecule has 1 aromatic rings. The smallest absolute Gasteiger partial charge is 0.406 e. The van der Waals surface area contributed by atoms with Crippen molar-refractivity contribution in [3.05, 3.63) is 24.3 Å². The van der Waals surface area contributed by atoms with E-state index in [1.54, 1.807) is 0 Å². The fraction of sp³-hybridized carbons (Fsp3) is 0.357. The van der Waals surface area contributed by atoms with Crippen LogP contribution in [0, 0.1) is 12.3 Å². The van der Waals surface area contributed by atoms with Gasteiger partial charge in [-0.1, -0.05) is 12.8 Å². The minimum atomic E-state index is -4.74. The Balaban J connectivity index is 2.66. The van der Waals surface area contributed by atoms with Crippen LogP contribution in [-0.4, -0.2) is 30.4 Å². The summed E-state index contributed by atoms with van der Waals surface area (Å²) in [6, 6.07) is 4.47. The Labute approximate surface area is 120 Å². The van der Waals surface area contributed by atoms with E-state index >= 15 is 0 Å². The molecule has 0 aliphatic carbocycles. The highest BCUT2D eigenvalue weighted by molar-refractivity contribution is 5.89. The standard InChI is InChI=1S/C14H15F3N2O2/c1-3-9-19(10-4-2)13(20)18-11-5-7-12(8-6-11)21-14(15,16)17/h1,5-8H,4,9-10H2,2H3,(H,18,20). The van der Waals surface area contributed by atoms with Crippen molar-refractivity contribution in [1.82, 2.24) is 4.90 Å². The largest absolute Gasteiger partial charge is 0.573 e. The van der Waals surface area contributed by atoms with Gasteiger partial charge in [0.15, 0.2) is 0 Å². The van der Waals surface area contributed by atoms with Crippen molar-refractivity contribution in [2.24, 2.45) is 0 Å². The van der Waals surface area contributed by atoms with Crippen LogP contribution in [-0.2, 0) is 0 Å². The number of hydrogen-bond donors (Lipinski definition) is 1. The van der Waals surface area contributed by atoms with E-state index < -0.39 is 12.4 Å². The molecule has 0 unspecified atom stereocenters. The second-order valence-electron chi connectivity index (χ2n) is 4.13. The first-order chi connectivity index (χ1) is 9.85. The zero-order valence-corrected chi connectivity index (χ0v) is 11.4. The van der Waals surface area contributed by atoms with E-state index in [1.807, 2.05) is 6.92 Å². The topological polar surface area (TPSA) is 41.6 Å². The summed E-state index contributed by atoms with van der Waals surface area (Å²) in [4.78, 5) is 13.3. The van der Waals surface area contributed by atoms with Gasteiger partial charge in [-0.2, -0.15) is 0 Å². The Morgan fingerprint density at radius 3 is 2.48 bits per heavy atom. The molecule has 0 aliphatic heterocycles. The number of urea groups is 1. The lowest BCUT2D eigenvalue weighted by molar-refractivity contribution is -0.274. The minimum absolute atomic E-state index is 0.162. The Hall–Kier alpha value is -2.36. The van der Waals surface area contributed by atoms with Gasteiger partial charge in [0.05, 0.1) is 6.54 Å². The van der Waals surface area contributed by atoms with Gasteiger partial charge in [0, 0.05) is 12.2 Å². The van der Waals surface area contributed by atoms with Crippen molar-refractivity contribution < 1.29 is 22.7 Å². The lowest BCUT2D eigenvalue weighted by Gasteiger charge is -2.20. The molecule has 0 radical (unpaired) electrons. The van der Waals surface area contributed by atoms with Crippen molar-refractivity contribution in [3.8, 4) is 18.1 Å². The first-order valence-corrected chi connectivity index (χ1v) is 6.21. The second-order valence-corrected chi connectivity index (χ2v) is 4.13. The van der Waals surface area contributed by atoms with Gasteiger partial charge in [-0.05, 0) is 30.7 Å². The maximum absolute atomic E-state index is 12.0. The van der Waals surface area contributed by atoms with E-state index in [-0.39, 0.29) is 12.3 Å². The number of terminal acetylenes is 1. The highest BCUT2D eigenvalue weighted by Gasteiger charge is 2.30. The van der Waals surface area contributed by atoms with Crippen LogP contribution < -0.4 is 10.1 Å². The van der Waals surface area contributed by atoms with Crippen LogP contribution in [0.1, 0.15) is 13.3 Å². The molecule has 0 aliphatic rings. The molecule has 0 bridgehead atoms. The van der Waals surface area contributed by atoms with Crippen molar-refractivity contribution in [2.45, 2.75) is 19.7 Å². The third-order valence-corrected chi connectivity index (χ3v) is 2.40. The van der Waals surface area contributed by atoms with E-state index in [1.165, 1.54) is 17.0 Å². The number of carbonyl (C=O) groups excluding carboxylic acids is 1. The Kier molecular flexibility index (Phi) is 5.91. The monoisotopic (exact) mass is 300 g/mol. The van der Waals surface area contributed by atoms with Crippen LogP contribution in [0.3, 0.4) is 0 Å². The highest BCUT2D eigenvalue weighted by atomic mass is 19.4. The zero-order valence-electron chi connectivity index (χ0n) is 11.4. The number of alkyl halides is 3. The number of benzene rings is 1. The number of ether oxygens (including phenoxy) is 1. The normalized spacial score (nSPS) is 10.6. The van der Waals surface area contributed by atoms with Crippen LogP contribution in [0.4, 0.5) is 23.7 Å². The molecule has 1 N–H and O–H groups in total. The quantitative estimate of drug-likeness (QED) is 0.846. The molecule has 0 heterocycles. The summed E-state index contributed by atoms with van der Waals surface area (Å²) < 4.78 is 39.8. The lowest BCUT2D eigenvalue weighted by Crippen LogP contribution is -2.35. The average Bonchev–Trinajstić information content (AvgIpc) is 2.39. The van der Waals surface area contributed by atoms with E-state index in [0.29, 0.717) is 12.2 Å². The molecule has 0 saturated heterocycles. The molecule has 114 valence electrons. The summed E-state index contributed by atoms with van der Waals surface area (Å²) in [5.74, 6) is 2.02. The zero-order chi connectivity index (χ0) is 15.9. The van der Waals surface area contributed by atoms with Gasteiger partial charge in [0.25, 0.3) is 0 Å². The van der Waals surface area contributed by atoms with Gasteiger partial charge in [-0.25, -0.2) is 4.79 Å². The molecule has 7 heteroatoms. The number of nitrogens with one attached hydrogen (secondary N) is 1. The molecule has 1 rings (SSSR count). The van der Waals surface area contributed by atoms with E-state index in [9.17, 15) is 18.0 Å². The van der Waals surface area contributed by atoms with E-state index in [0.717, 1.165) is 18.6 Å². The van der Waals surface area contributed by atoms with Crippen LogP contribution in [0.2, 0.25) is 0 Å². The summed E-state index contributed by atoms with van der Waals surface area (Å²) in [7, 11) is 0. The predicted molar refractivity (Wildman–Crippen MR) is 72.8 cm³/mol. The molecule has 21 heavy (non-hydrogen) atoms. The maximum atomic E-state index is 12.0. The summed E-state index contributed by atoms with van der Waals surface area (Å²) >= 11 is 0. The molecule has 0 saturated carbocycles. The van der Waals surface area contributed by atoms with Crippen molar-refractivity contribution in [2.75, 3.05) is 18.4 Å². The highest BCUT2D eigenvalue weighted by Crippen LogP contribution is 2.24. The summed E-state index contributed by atoms with van der Waals surface area (Å²) in [5, 5.41) is 2.56. The van der Waals surface area contributed by atoms with E-state index in [4.69, 9.17) is 6.42 Å². The van der Waals surface area contributed by atoms with Crippen molar-refractivity contribution >= 4 is 11.7 Å². The number of anilines is 1. The molecule has 0 spiro atoms. The maximum Gasteiger partial charge on any atom is 0.573 e. The number of hydrogen-bond acceptors (Lipinski definition) is 2. The van der Waals surface area contributed by atoms with Crippen LogP contribution >= 0.6 is 0 Å². The first-order valence-electron chi connectivity index (χ1n) is 6.21. The van der Waals surface area contributed by atoms with Gasteiger partial charge < -0.3 is 15.0 Å². The fourth-order valence-corrected chi connectivity index (χ4v) is 1.57. The fourth-order valence-electron chi connectivity index (χ4n) is 1.57. The molecular weight excluding hydrogens is 285 g/mol. The molecule has 0 aromatic heterocycles. The summed E-state index contributed by atoms with van der Waals surface area (Å²) in [6.07, 6.45) is 1.18. The first kappa shape index (κ1) is 16.7. The van der Waals surface area contributed by atoms with Crippen molar-refractivity contribution in [1.29, 1.82) is 0 Å². The van der Waals surface area contributed by atoms with Gasteiger partial charge >= 0.3 is 12.4 Å². The summed E-state index contributed by atoms with van der Waals surface area (Å²) in [5.41, 5.74) is 0.354. The van der Waals surface area contributed by atoms with Gasteiger partial charge in [-0.3, -0.25) is 0 Å². The predicted octanol–water partition coefficient (Wildman–Crippen LogP) is 3.46. The second kappa shape index (κ2) is 7.43. The number of rotatable bonds is 5. The van der Waals surface area contributed by atoms with Gasteiger partial charge in [-0.15, -0.1) is 19.6 Å². The minimum Gasteiger partial charge on any atom is -0.406 e. The third-order valence-electron chi connectivity index (χ3n) is 2.40. The van der Waals surface area contributed by atoms with Crippen LogP contribution in [0.15, 0.2) is 24.3 Å². The lowest BCUT2D eigenvalue weighted by atomic mass is 10.3. The van der Waals surface area contributed by atoms with Gasteiger partial charge in [0.1, 0.15) is 5.75 Å². The van der Waals surface area contributed by atoms with Gasteiger partial charge in [0.2, 0.25) is 0 Å². The Morgan fingerprint density at radius 1 is 1.38 bits per heavy atom. The number of amides is 2. The van der Waals surface area contributed by atoms with Crippen molar-refractivity contribution in [3.63, 3.8) is 0 Å². The van der Waals surface area contributed by atoms with E-state index in [2.05, 4.69) is 16.0 Å². The molecule has 0 fully saturated rings. The number of nitrogens with zero attached hydrogens (tertiary/aromatic N) is 1. The molecule has 1 aromatic carbocycles. The average molecular weight is 300 g/mol. The number of halogens is 3. The van der Waals surface area contributed by atoms with Crippen LogP contribution in [0.5, 0.6) is 5.75 Å². The molecule has 2 amide bonds. The summed E-state index contributed by atoms with van der Waals surface area (Å²) in [6.45, 7) is 2.56. The molecule has 4 nitrogen and oxygen atoms in total. The Bertz CT molecular complexity index is 506.